The van der Waals surface area contributed by atoms with E-state index in [9.17, 15) is 15.0 Å². The van der Waals surface area contributed by atoms with Crippen molar-refractivity contribution in [3.05, 3.63) is 0 Å². The number of hydrogen-bond acceptors (Lipinski definition) is 4. The van der Waals surface area contributed by atoms with Crippen LogP contribution in [0.5, 0.6) is 0 Å². The van der Waals surface area contributed by atoms with Gasteiger partial charge < -0.3 is 14.9 Å². The molecule has 0 radical (unpaired) electrons. The van der Waals surface area contributed by atoms with Crippen molar-refractivity contribution >= 4 is 5.97 Å². The number of aliphatic hydroxyl groups excluding tert-OH is 2. The third kappa shape index (κ3) is 2.38. The maximum Gasteiger partial charge on any atom is 0.311 e. The second-order valence-corrected chi connectivity index (χ2v) is 4.87. The summed E-state index contributed by atoms with van der Waals surface area (Å²) < 4.78 is 5.30. The van der Waals surface area contributed by atoms with E-state index in [-0.39, 0.29) is 23.9 Å². The van der Waals surface area contributed by atoms with Crippen LogP contribution in [0.2, 0.25) is 0 Å². The predicted octanol–water partition coefficient (Wildman–Crippen LogP) is 0.952. The number of esters is 1. The fourth-order valence-corrected chi connectivity index (χ4v) is 2.31. The molecule has 94 valence electrons. The summed E-state index contributed by atoms with van der Waals surface area (Å²) in [5.74, 6) is -1.41. The van der Waals surface area contributed by atoms with E-state index in [0.29, 0.717) is 6.42 Å². The normalized spacial score (nSPS) is 45.8. The molecule has 1 aliphatic heterocycles. The Balaban J connectivity index is 2.93. The van der Waals surface area contributed by atoms with E-state index in [1.165, 1.54) is 0 Å². The molecular formula is C12H22O4. The lowest BCUT2D eigenvalue weighted by atomic mass is 9.80. The summed E-state index contributed by atoms with van der Waals surface area (Å²) in [7, 11) is 0. The van der Waals surface area contributed by atoms with E-state index in [0.717, 1.165) is 0 Å². The van der Waals surface area contributed by atoms with Crippen LogP contribution >= 0.6 is 0 Å². The first-order valence-corrected chi connectivity index (χ1v) is 5.96. The summed E-state index contributed by atoms with van der Waals surface area (Å²) in [5, 5.41) is 20.0. The summed E-state index contributed by atoms with van der Waals surface area (Å²) in [5.41, 5.74) is 0. The Bertz CT molecular complexity index is 249. The molecule has 2 N–H and O–H groups in total. The topological polar surface area (TPSA) is 66.8 Å². The van der Waals surface area contributed by atoms with E-state index in [1.807, 2.05) is 13.8 Å². The first-order valence-electron chi connectivity index (χ1n) is 5.96. The first-order chi connectivity index (χ1) is 7.40. The lowest BCUT2D eigenvalue weighted by molar-refractivity contribution is -0.174. The SMILES string of the molecule is CC[C@H]1OC(=O)[C@@H](C)[C@@H](O)[C@H](C)[C@@H](O)[C@H]1C. The Hall–Kier alpha value is -0.610. The van der Waals surface area contributed by atoms with Crippen LogP contribution < -0.4 is 0 Å². The molecule has 1 rings (SSSR count). The van der Waals surface area contributed by atoms with E-state index in [1.54, 1.807) is 13.8 Å². The first kappa shape index (κ1) is 13.5. The molecule has 0 bridgehead atoms. The van der Waals surface area contributed by atoms with Gasteiger partial charge in [-0.25, -0.2) is 0 Å². The zero-order valence-corrected chi connectivity index (χ0v) is 10.4. The van der Waals surface area contributed by atoms with E-state index in [2.05, 4.69) is 0 Å². The van der Waals surface area contributed by atoms with Gasteiger partial charge in [-0.15, -0.1) is 0 Å². The van der Waals surface area contributed by atoms with E-state index >= 15 is 0 Å². The molecule has 1 heterocycles. The van der Waals surface area contributed by atoms with E-state index < -0.39 is 18.1 Å². The van der Waals surface area contributed by atoms with Crippen molar-refractivity contribution in [1.29, 1.82) is 0 Å². The van der Waals surface area contributed by atoms with Crippen LogP contribution in [0.3, 0.4) is 0 Å². The minimum Gasteiger partial charge on any atom is -0.462 e. The maximum atomic E-state index is 11.7. The van der Waals surface area contributed by atoms with Crippen molar-refractivity contribution in [3.8, 4) is 0 Å². The van der Waals surface area contributed by atoms with Gasteiger partial charge in [-0.2, -0.15) is 0 Å². The molecule has 6 atom stereocenters. The van der Waals surface area contributed by atoms with Crippen molar-refractivity contribution in [2.24, 2.45) is 17.8 Å². The predicted molar refractivity (Wildman–Crippen MR) is 59.7 cm³/mol. The average Bonchev–Trinajstić information content (AvgIpc) is 2.29. The quantitative estimate of drug-likeness (QED) is 0.658. The van der Waals surface area contributed by atoms with Crippen LogP contribution in [0.15, 0.2) is 0 Å². The third-order valence-electron chi connectivity index (χ3n) is 3.76. The lowest BCUT2D eigenvalue weighted by Crippen LogP contribution is -2.48. The standard InChI is InChI=1S/C12H22O4/c1-5-9-6(2)10(13)7(3)11(14)8(4)12(15)16-9/h6-11,13-14H,5H2,1-4H3/t6-,7+,8-,9+,10-,11-/m0/s1. The molecule has 16 heavy (non-hydrogen) atoms. The summed E-state index contributed by atoms with van der Waals surface area (Å²) in [6.07, 6.45) is -1.07. The highest BCUT2D eigenvalue weighted by Gasteiger charge is 2.40. The van der Waals surface area contributed by atoms with Gasteiger partial charge in [0.25, 0.3) is 0 Å². The molecule has 0 aliphatic carbocycles. The summed E-state index contributed by atoms with van der Waals surface area (Å²) >= 11 is 0. The van der Waals surface area contributed by atoms with Crippen molar-refractivity contribution in [2.75, 3.05) is 0 Å². The van der Waals surface area contributed by atoms with Crippen molar-refractivity contribution in [2.45, 2.75) is 52.4 Å². The Morgan fingerprint density at radius 1 is 1.12 bits per heavy atom. The molecule has 0 amide bonds. The van der Waals surface area contributed by atoms with Gasteiger partial charge in [0.2, 0.25) is 0 Å². The summed E-state index contributed by atoms with van der Waals surface area (Å²) in [4.78, 5) is 11.7. The molecule has 0 aromatic carbocycles. The Morgan fingerprint density at radius 2 is 1.69 bits per heavy atom. The zero-order chi connectivity index (χ0) is 12.5. The molecule has 0 aromatic heterocycles. The largest absolute Gasteiger partial charge is 0.462 e. The van der Waals surface area contributed by atoms with Gasteiger partial charge in [0.1, 0.15) is 6.10 Å². The number of rotatable bonds is 1. The molecule has 0 saturated carbocycles. The van der Waals surface area contributed by atoms with Crippen LogP contribution in [0.4, 0.5) is 0 Å². The average molecular weight is 230 g/mol. The number of ether oxygens (including phenoxy) is 1. The summed E-state index contributed by atoms with van der Waals surface area (Å²) in [6, 6.07) is 0. The van der Waals surface area contributed by atoms with Gasteiger partial charge in [-0.05, 0) is 13.3 Å². The van der Waals surface area contributed by atoms with Gasteiger partial charge in [0, 0.05) is 11.8 Å². The fourth-order valence-electron chi connectivity index (χ4n) is 2.31. The molecular weight excluding hydrogens is 208 g/mol. The highest BCUT2D eigenvalue weighted by Crippen LogP contribution is 2.29. The molecule has 0 aromatic rings. The van der Waals surface area contributed by atoms with Crippen LogP contribution in [0.1, 0.15) is 34.1 Å². The Morgan fingerprint density at radius 3 is 2.19 bits per heavy atom. The molecule has 0 unspecified atom stereocenters. The maximum absolute atomic E-state index is 11.7. The van der Waals surface area contributed by atoms with Crippen LogP contribution in [0, 0.1) is 17.8 Å². The second-order valence-electron chi connectivity index (χ2n) is 4.87. The lowest BCUT2D eigenvalue weighted by Gasteiger charge is -2.37. The highest BCUT2D eigenvalue weighted by atomic mass is 16.5. The van der Waals surface area contributed by atoms with Crippen LogP contribution in [-0.4, -0.2) is 34.5 Å². The van der Waals surface area contributed by atoms with Crippen molar-refractivity contribution in [1.82, 2.24) is 0 Å². The monoisotopic (exact) mass is 230 g/mol. The minimum atomic E-state index is -0.845. The molecule has 4 nitrogen and oxygen atoms in total. The number of hydrogen-bond donors (Lipinski definition) is 2. The van der Waals surface area contributed by atoms with Gasteiger partial charge >= 0.3 is 5.97 Å². The molecule has 1 saturated heterocycles. The number of aliphatic hydroxyl groups is 2. The van der Waals surface area contributed by atoms with Crippen LogP contribution in [-0.2, 0) is 9.53 Å². The number of cyclic esters (lactones) is 1. The zero-order valence-electron chi connectivity index (χ0n) is 10.4. The number of carbonyl (C=O) groups excluding carboxylic acids is 1. The third-order valence-corrected chi connectivity index (χ3v) is 3.76. The molecule has 1 aliphatic rings. The van der Waals surface area contributed by atoms with Gasteiger partial charge in [0.15, 0.2) is 0 Å². The summed E-state index contributed by atoms with van der Waals surface area (Å²) in [6.45, 7) is 7.19. The van der Waals surface area contributed by atoms with Gasteiger partial charge in [-0.3, -0.25) is 4.79 Å². The molecule has 1 fully saturated rings. The van der Waals surface area contributed by atoms with Gasteiger partial charge in [0.05, 0.1) is 18.1 Å². The second kappa shape index (κ2) is 5.15. The molecule has 0 spiro atoms. The van der Waals surface area contributed by atoms with Crippen LogP contribution in [0.25, 0.3) is 0 Å². The van der Waals surface area contributed by atoms with Crippen molar-refractivity contribution in [3.63, 3.8) is 0 Å². The Labute approximate surface area is 96.6 Å². The Kier molecular flexibility index (Phi) is 4.33. The van der Waals surface area contributed by atoms with Crippen molar-refractivity contribution < 1.29 is 19.7 Å². The highest BCUT2D eigenvalue weighted by molar-refractivity contribution is 5.73. The van der Waals surface area contributed by atoms with E-state index in [4.69, 9.17) is 4.74 Å². The molecule has 4 heteroatoms. The minimum absolute atomic E-state index is 0.147. The number of carbonyl (C=O) groups is 1. The van der Waals surface area contributed by atoms with Gasteiger partial charge in [-0.1, -0.05) is 20.8 Å². The smallest absolute Gasteiger partial charge is 0.311 e. The fraction of sp³-hybridized carbons (Fsp3) is 0.917.